The normalized spacial score (nSPS) is 17.4. The number of aliphatic hydroxyl groups is 1. The molecule has 96 valence electrons. The van der Waals surface area contributed by atoms with E-state index in [-0.39, 0.29) is 5.56 Å². The lowest BCUT2D eigenvalue weighted by Gasteiger charge is -2.26. The smallest absolute Gasteiger partial charge is 0.355 e. The molecule has 0 aromatic carbocycles. The fourth-order valence-electron chi connectivity index (χ4n) is 1.11. The molecule has 0 radical (unpaired) electrons. The Kier molecular flexibility index (Phi) is 4.57. The van der Waals surface area contributed by atoms with Gasteiger partial charge in [-0.05, 0) is 11.6 Å². The molecule has 0 aliphatic rings. The molecule has 1 aromatic heterocycles. The Hall–Kier alpha value is -0.590. The Bertz CT molecular complexity index is 447. The number of pyridine rings is 1. The second kappa shape index (κ2) is 5.37. The zero-order valence-electron chi connectivity index (χ0n) is 8.42. The first-order chi connectivity index (χ1) is 7.74. The van der Waals surface area contributed by atoms with Crippen LogP contribution in [0.3, 0.4) is 0 Å². The largest absolute Gasteiger partial charge is 0.385 e. The summed E-state index contributed by atoms with van der Waals surface area (Å²) in [6.45, 7) is 0. The molecule has 1 aromatic rings. The third kappa shape index (κ3) is 3.97. The zero-order chi connectivity index (χ0) is 13.1. The van der Waals surface area contributed by atoms with Gasteiger partial charge >= 0.3 is 15.9 Å². The fourth-order valence-corrected chi connectivity index (χ4v) is 2.56. The van der Waals surface area contributed by atoms with Crippen LogP contribution in [0.2, 0.25) is 0 Å². The minimum atomic E-state index is -5.14. The molecule has 0 bridgehead atoms. The Morgan fingerprint density at radius 1 is 1.53 bits per heavy atom. The van der Waals surface area contributed by atoms with E-state index in [1.54, 1.807) is 0 Å². The maximum atomic E-state index is 11.1. The highest BCUT2D eigenvalue weighted by Gasteiger charge is 2.48. The van der Waals surface area contributed by atoms with E-state index in [9.17, 15) is 14.2 Å². The molecule has 0 saturated heterocycles. The van der Waals surface area contributed by atoms with E-state index in [2.05, 4.69) is 9.51 Å². The van der Waals surface area contributed by atoms with E-state index >= 15 is 0 Å². The predicted octanol–water partition coefficient (Wildman–Crippen LogP) is -0.154. The van der Waals surface area contributed by atoms with Crippen molar-refractivity contribution in [3.05, 3.63) is 30.1 Å². The maximum absolute atomic E-state index is 11.1. The summed E-state index contributed by atoms with van der Waals surface area (Å²) in [6.07, 6.45) is 2.02. The van der Waals surface area contributed by atoms with E-state index in [0.29, 0.717) is 0 Å². The Morgan fingerprint density at radius 3 is 2.59 bits per heavy atom. The first-order valence-corrected chi connectivity index (χ1v) is 7.21. The summed E-state index contributed by atoms with van der Waals surface area (Å²) in [4.78, 5) is 30.1. The molecule has 0 spiro atoms. The number of hydrogen-bond donors (Lipinski definition) is 4. The van der Waals surface area contributed by atoms with Gasteiger partial charge < -0.3 is 19.8 Å². The molecule has 4 N–H and O–H groups in total. The van der Waals surface area contributed by atoms with Crippen LogP contribution in [0, 0.1) is 0 Å². The summed E-state index contributed by atoms with van der Waals surface area (Å²) in [7, 11) is -8.84. The van der Waals surface area contributed by atoms with Gasteiger partial charge in [-0.15, -0.1) is 0 Å². The van der Waals surface area contributed by atoms with Crippen LogP contribution < -0.4 is 0 Å². The van der Waals surface area contributed by atoms with Gasteiger partial charge in [0.15, 0.2) is 0 Å². The number of hydrogen-bond acceptors (Lipinski definition) is 5. The first-order valence-electron chi connectivity index (χ1n) is 4.33. The SMILES string of the molecule is O=[PH](O)OC(O)(Cc1cccnc1)P(=O)(O)O. The molecule has 2 unspecified atom stereocenters. The number of nitrogens with zero attached hydrogens (tertiary/aromatic N) is 1. The molecular formula is C7H11NO7P2. The van der Waals surface area contributed by atoms with Crippen molar-refractivity contribution >= 4 is 15.9 Å². The standard InChI is InChI=1S/C7H11NO7P2/c9-7(15-16(10)11,17(12,13)14)4-6-2-1-3-8-5-6/h1-3,5,9,16H,4H2,(H,10,11)(H2,12,13,14). The van der Waals surface area contributed by atoms with Crippen LogP contribution in [0.1, 0.15) is 5.56 Å². The minimum Gasteiger partial charge on any atom is -0.355 e. The van der Waals surface area contributed by atoms with Crippen molar-refractivity contribution in [1.29, 1.82) is 0 Å². The Balaban J connectivity index is 3.01. The molecule has 10 heteroatoms. The number of aromatic nitrogens is 1. The molecule has 8 nitrogen and oxygen atoms in total. The van der Waals surface area contributed by atoms with Crippen molar-refractivity contribution in [1.82, 2.24) is 4.98 Å². The highest BCUT2D eigenvalue weighted by atomic mass is 31.2. The predicted molar refractivity (Wildman–Crippen MR) is 57.2 cm³/mol. The van der Waals surface area contributed by atoms with Crippen LogP contribution in [0.4, 0.5) is 0 Å². The molecule has 0 aliphatic carbocycles. The highest BCUT2D eigenvalue weighted by Crippen LogP contribution is 2.54. The molecular weight excluding hydrogens is 272 g/mol. The second-order valence-corrected chi connectivity index (χ2v) is 5.72. The summed E-state index contributed by atoms with van der Waals surface area (Å²) in [6, 6.07) is 2.92. The van der Waals surface area contributed by atoms with Gasteiger partial charge in [0.05, 0.1) is 0 Å². The lowest BCUT2D eigenvalue weighted by molar-refractivity contribution is -0.0809. The summed E-state index contributed by atoms with van der Waals surface area (Å²) in [5.74, 6) is 0. The van der Waals surface area contributed by atoms with Crippen LogP contribution in [0.15, 0.2) is 24.5 Å². The second-order valence-electron chi connectivity index (χ2n) is 3.19. The fraction of sp³-hybridized carbons (Fsp3) is 0.286. The zero-order valence-corrected chi connectivity index (χ0v) is 10.3. The van der Waals surface area contributed by atoms with Crippen LogP contribution in [0.5, 0.6) is 0 Å². The molecule has 2 atom stereocenters. The van der Waals surface area contributed by atoms with Gasteiger partial charge in [-0.2, -0.15) is 0 Å². The summed E-state index contributed by atoms with van der Waals surface area (Å²) in [5, 5.41) is 9.62. The lowest BCUT2D eigenvalue weighted by Crippen LogP contribution is -2.32. The van der Waals surface area contributed by atoms with Gasteiger partial charge in [0.2, 0.25) is 0 Å². The average molecular weight is 283 g/mol. The van der Waals surface area contributed by atoms with Crippen molar-refractivity contribution in [2.45, 2.75) is 11.9 Å². The van der Waals surface area contributed by atoms with E-state index in [0.717, 1.165) is 0 Å². The molecule has 1 heterocycles. The molecule has 0 aliphatic heterocycles. The quantitative estimate of drug-likeness (QED) is 0.432. The Morgan fingerprint density at radius 2 is 2.18 bits per heavy atom. The van der Waals surface area contributed by atoms with E-state index < -0.39 is 27.8 Å². The van der Waals surface area contributed by atoms with Gasteiger partial charge in [-0.1, -0.05) is 6.07 Å². The van der Waals surface area contributed by atoms with E-state index in [1.807, 2.05) is 0 Å². The first kappa shape index (κ1) is 14.5. The van der Waals surface area contributed by atoms with Crippen molar-refractivity contribution in [3.8, 4) is 0 Å². The van der Waals surface area contributed by atoms with Gasteiger partial charge in [-0.3, -0.25) is 18.6 Å². The van der Waals surface area contributed by atoms with Gasteiger partial charge in [0.1, 0.15) is 0 Å². The van der Waals surface area contributed by atoms with E-state index in [4.69, 9.17) is 14.7 Å². The molecule has 1 rings (SSSR count). The summed E-state index contributed by atoms with van der Waals surface area (Å²) >= 11 is 0. The Labute approximate surface area is 97.0 Å². The molecule has 0 saturated carbocycles. The summed E-state index contributed by atoms with van der Waals surface area (Å²) in [5.41, 5.74) is -2.78. The van der Waals surface area contributed by atoms with Crippen molar-refractivity contribution < 1.29 is 33.4 Å². The topological polar surface area (TPSA) is 137 Å². The third-order valence-corrected chi connectivity index (χ3v) is 3.71. The monoisotopic (exact) mass is 283 g/mol. The van der Waals surface area contributed by atoms with Crippen molar-refractivity contribution in [2.24, 2.45) is 0 Å². The van der Waals surface area contributed by atoms with Crippen molar-refractivity contribution in [3.63, 3.8) is 0 Å². The van der Waals surface area contributed by atoms with Gasteiger partial charge in [0.25, 0.3) is 5.53 Å². The van der Waals surface area contributed by atoms with E-state index in [1.165, 1.54) is 24.5 Å². The van der Waals surface area contributed by atoms with Gasteiger partial charge in [-0.25, -0.2) is 0 Å². The lowest BCUT2D eigenvalue weighted by atomic mass is 10.2. The van der Waals surface area contributed by atoms with Crippen LogP contribution in [-0.2, 0) is 20.1 Å². The number of rotatable bonds is 5. The third-order valence-electron chi connectivity index (χ3n) is 1.86. The molecule has 0 fully saturated rings. The average Bonchev–Trinajstić information content (AvgIpc) is 2.15. The molecule has 0 amide bonds. The minimum absolute atomic E-state index is 0.251. The van der Waals surface area contributed by atoms with Crippen LogP contribution in [-0.4, -0.2) is 30.3 Å². The summed E-state index contributed by atoms with van der Waals surface area (Å²) < 4.78 is 25.6. The van der Waals surface area contributed by atoms with Crippen molar-refractivity contribution in [2.75, 3.05) is 0 Å². The molecule has 17 heavy (non-hydrogen) atoms. The maximum Gasteiger partial charge on any atom is 0.385 e. The van der Waals surface area contributed by atoms with Gasteiger partial charge in [0, 0.05) is 18.8 Å². The van der Waals surface area contributed by atoms with Crippen LogP contribution >= 0.6 is 15.9 Å². The highest BCUT2D eigenvalue weighted by molar-refractivity contribution is 7.53. The van der Waals surface area contributed by atoms with Crippen LogP contribution in [0.25, 0.3) is 0 Å².